The van der Waals surface area contributed by atoms with E-state index < -0.39 is 0 Å². The van der Waals surface area contributed by atoms with Gasteiger partial charge in [-0.05, 0) is 23.6 Å². The molecule has 3 nitrogen and oxygen atoms in total. The fraction of sp³-hybridized carbons (Fsp3) is 0.0909. The molecule has 0 unspecified atom stereocenters. The van der Waals surface area contributed by atoms with Crippen LogP contribution in [0.3, 0.4) is 0 Å². The molecule has 70 valence electrons. The standard InChI is InChI=1S/C11H10N2O/c1-12-11(14)9-3-2-8-4-5-13-7-10(8)6-9/h2-7H,1H3,(H,12,14). The van der Waals surface area contributed by atoms with Gasteiger partial charge in [-0.25, -0.2) is 0 Å². The van der Waals surface area contributed by atoms with Gasteiger partial charge < -0.3 is 5.32 Å². The van der Waals surface area contributed by atoms with Crippen molar-refractivity contribution in [3.63, 3.8) is 0 Å². The third kappa shape index (κ3) is 1.44. The zero-order valence-corrected chi connectivity index (χ0v) is 7.82. The maximum Gasteiger partial charge on any atom is 0.251 e. The van der Waals surface area contributed by atoms with E-state index in [0.717, 1.165) is 10.8 Å². The largest absolute Gasteiger partial charge is 0.355 e. The van der Waals surface area contributed by atoms with Crippen molar-refractivity contribution in [1.82, 2.24) is 10.3 Å². The van der Waals surface area contributed by atoms with E-state index in [4.69, 9.17) is 0 Å². The second-order valence-electron chi connectivity index (χ2n) is 3.02. The Morgan fingerprint density at radius 2 is 2.14 bits per heavy atom. The lowest BCUT2D eigenvalue weighted by Crippen LogP contribution is -2.17. The molecule has 0 saturated carbocycles. The topological polar surface area (TPSA) is 42.0 Å². The van der Waals surface area contributed by atoms with Crippen LogP contribution in [0.1, 0.15) is 10.4 Å². The van der Waals surface area contributed by atoms with Crippen LogP contribution in [0.15, 0.2) is 36.7 Å². The lowest BCUT2D eigenvalue weighted by atomic mass is 10.1. The maximum atomic E-state index is 11.3. The Kier molecular flexibility index (Phi) is 2.14. The number of hydrogen-bond donors (Lipinski definition) is 1. The molecular weight excluding hydrogens is 176 g/mol. The Hall–Kier alpha value is -1.90. The molecule has 0 aliphatic carbocycles. The van der Waals surface area contributed by atoms with Gasteiger partial charge in [0.25, 0.3) is 5.91 Å². The number of fused-ring (bicyclic) bond motifs is 1. The first-order valence-corrected chi connectivity index (χ1v) is 4.37. The van der Waals surface area contributed by atoms with Crippen molar-refractivity contribution in [1.29, 1.82) is 0 Å². The van der Waals surface area contributed by atoms with Gasteiger partial charge in [-0.15, -0.1) is 0 Å². The summed E-state index contributed by atoms with van der Waals surface area (Å²) in [6.07, 6.45) is 3.49. The summed E-state index contributed by atoms with van der Waals surface area (Å²) in [4.78, 5) is 15.3. The molecule has 14 heavy (non-hydrogen) atoms. The number of nitrogens with one attached hydrogen (secondary N) is 1. The van der Waals surface area contributed by atoms with Crippen LogP contribution in [-0.4, -0.2) is 17.9 Å². The molecule has 0 radical (unpaired) electrons. The van der Waals surface area contributed by atoms with Crippen LogP contribution >= 0.6 is 0 Å². The van der Waals surface area contributed by atoms with E-state index in [1.165, 1.54) is 0 Å². The number of carbonyl (C=O) groups excluding carboxylic acids is 1. The van der Waals surface area contributed by atoms with Gasteiger partial charge in [0.05, 0.1) is 0 Å². The molecule has 0 spiro atoms. The number of nitrogens with zero attached hydrogens (tertiary/aromatic N) is 1. The summed E-state index contributed by atoms with van der Waals surface area (Å²) in [5, 5.41) is 4.66. The molecule has 0 saturated heterocycles. The van der Waals surface area contributed by atoms with Crippen molar-refractivity contribution in [2.45, 2.75) is 0 Å². The average molecular weight is 186 g/mol. The number of benzene rings is 1. The molecule has 1 amide bonds. The SMILES string of the molecule is CNC(=O)c1ccc2ccncc2c1. The van der Waals surface area contributed by atoms with Crippen LogP contribution in [0.2, 0.25) is 0 Å². The van der Waals surface area contributed by atoms with Crippen molar-refractivity contribution in [2.75, 3.05) is 7.05 Å². The van der Waals surface area contributed by atoms with E-state index in [0.29, 0.717) is 5.56 Å². The molecular formula is C11H10N2O. The van der Waals surface area contributed by atoms with Crippen LogP contribution in [-0.2, 0) is 0 Å². The highest BCUT2D eigenvalue weighted by Gasteiger charge is 2.02. The van der Waals surface area contributed by atoms with Gasteiger partial charge in [-0.2, -0.15) is 0 Å². The summed E-state index contributed by atoms with van der Waals surface area (Å²) in [6.45, 7) is 0. The summed E-state index contributed by atoms with van der Waals surface area (Å²) >= 11 is 0. The Morgan fingerprint density at radius 3 is 2.93 bits per heavy atom. The molecule has 0 aliphatic rings. The Morgan fingerprint density at radius 1 is 1.29 bits per heavy atom. The Balaban J connectivity index is 2.56. The summed E-state index contributed by atoms with van der Waals surface area (Å²) in [6, 6.07) is 7.48. The molecule has 2 rings (SSSR count). The molecule has 1 heterocycles. The van der Waals surface area contributed by atoms with E-state index in [1.807, 2.05) is 18.2 Å². The van der Waals surface area contributed by atoms with Crippen LogP contribution < -0.4 is 5.32 Å². The normalized spacial score (nSPS) is 10.1. The lowest BCUT2D eigenvalue weighted by Gasteiger charge is -2.01. The van der Waals surface area contributed by atoms with Crippen molar-refractivity contribution in [2.24, 2.45) is 0 Å². The highest BCUT2D eigenvalue weighted by atomic mass is 16.1. The van der Waals surface area contributed by atoms with E-state index in [2.05, 4.69) is 10.3 Å². The fourth-order valence-corrected chi connectivity index (χ4v) is 1.37. The third-order valence-corrected chi connectivity index (χ3v) is 2.13. The molecule has 3 heteroatoms. The van der Waals surface area contributed by atoms with Crippen LogP contribution in [0.4, 0.5) is 0 Å². The number of rotatable bonds is 1. The third-order valence-electron chi connectivity index (χ3n) is 2.13. The van der Waals surface area contributed by atoms with Crippen molar-refractivity contribution < 1.29 is 4.79 Å². The zero-order chi connectivity index (χ0) is 9.97. The molecule has 0 atom stereocenters. The second-order valence-corrected chi connectivity index (χ2v) is 3.02. The van der Waals surface area contributed by atoms with Gasteiger partial charge in [0, 0.05) is 30.4 Å². The second kappa shape index (κ2) is 3.46. The predicted octanol–water partition coefficient (Wildman–Crippen LogP) is 1.59. The van der Waals surface area contributed by atoms with Crippen molar-refractivity contribution in [3.05, 3.63) is 42.2 Å². The summed E-state index contributed by atoms with van der Waals surface area (Å²) in [5.41, 5.74) is 0.660. The van der Waals surface area contributed by atoms with Gasteiger partial charge in [0.15, 0.2) is 0 Å². The first-order chi connectivity index (χ1) is 6.81. The number of amides is 1. The smallest absolute Gasteiger partial charge is 0.251 e. The molecule has 0 aliphatic heterocycles. The molecule has 1 aromatic heterocycles. The number of aromatic nitrogens is 1. The van der Waals surface area contributed by atoms with Gasteiger partial charge in [0.2, 0.25) is 0 Å². The number of hydrogen-bond acceptors (Lipinski definition) is 2. The van der Waals surface area contributed by atoms with Crippen LogP contribution in [0.25, 0.3) is 10.8 Å². The van der Waals surface area contributed by atoms with E-state index in [1.54, 1.807) is 25.5 Å². The van der Waals surface area contributed by atoms with Gasteiger partial charge in [0.1, 0.15) is 0 Å². The van der Waals surface area contributed by atoms with Crippen molar-refractivity contribution in [3.8, 4) is 0 Å². The highest BCUT2D eigenvalue weighted by molar-refractivity contribution is 5.98. The zero-order valence-electron chi connectivity index (χ0n) is 7.82. The monoisotopic (exact) mass is 186 g/mol. The number of pyridine rings is 1. The molecule has 2 aromatic rings. The quantitative estimate of drug-likeness (QED) is 0.734. The van der Waals surface area contributed by atoms with Gasteiger partial charge >= 0.3 is 0 Å². The average Bonchev–Trinajstić information content (AvgIpc) is 2.27. The fourth-order valence-electron chi connectivity index (χ4n) is 1.37. The van der Waals surface area contributed by atoms with E-state index in [-0.39, 0.29) is 5.91 Å². The summed E-state index contributed by atoms with van der Waals surface area (Å²) in [7, 11) is 1.62. The molecule has 0 bridgehead atoms. The maximum absolute atomic E-state index is 11.3. The Labute approximate surface area is 81.8 Å². The van der Waals surface area contributed by atoms with Gasteiger partial charge in [-0.3, -0.25) is 9.78 Å². The van der Waals surface area contributed by atoms with E-state index in [9.17, 15) is 4.79 Å². The predicted molar refractivity (Wildman–Crippen MR) is 55.1 cm³/mol. The van der Waals surface area contributed by atoms with Crippen molar-refractivity contribution >= 4 is 16.7 Å². The summed E-state index contributed by atoms with van der Waals surface area (Å²) < 4.78 is 0. The van der Waals surface area contributed by atoms with Crippen LogP contribution in [0.5, 0.6) is 0 Å². The highest BCUT2D eigenvalue weighted by Crippen LogP contribution is 2.14. The molecule has 0 fully saturated rings. The number of carbonyl (C=O) groups is 1. The minimum Gasteiger partial charge on any atom is -0.355 e. The minimum absolute atomic E-state index is 0.0734. The van der Waals surface area contributed by atoms with Crippen LogP contribution in [0, 0.1) is 0 Å². The molecule has 1 aromatic carbocycles. The first-order valence-electron chi connectivity index (χ1n) is 4.37. The lowest BCUT2D eigenvalue weighted by molar-refractivity contribution is 0.0963. The molecule has 1 N–H and O–H groups in total. The Bertz CT molecular complexity index is 479. The van der Waals surface area contributed by atoms with E-state index >= 15 is 0 Å². The summed E-state index contributed by atoms with van der Waals surface area (Å²) in [5.74, 6) is -0.0734. The first kappa shape index (κ1) is 8.69. The minimum atomic E-state index is -0.0734. The van der Waals surface area contributed by atoms with Gasteiger partial charge in [-0.1, -0.05) is 6.07 Å².